The Labute approximate surface area is 227 Å². The Hall–Kier alpha value is -3.52. The van der Waals surface area contributed by atoms with Crippen LogP contribution in [0.1, 0.15) is 111 Å². The van der Waals surface area contributed by atoms with Crippen LogP contribution in [-0.2, 0) is 0 Å². The van der Waals surface area contributed by atoms with E-state index in [0.29, 0.717) is 28.6 Å². The molecule has 3 aromatic rings. The number of hydrogen-bond acceptors (Lipinski definition) is 5. The van der Waals surface area contributed by atoms with Gasteiger partial charge in [-0.1, -0.05) is 58.3 Å². The van der Waals surface area contributed by atoms with Crippen LogP contribution in [-0.4, -0.2) is 15.9 Å². The molecule has 0 bridgehead atoms. The molecule has 0 N–H and O–H groups in total. The SMILES string of the molecule is CCCCCCCCCC1CCC(c2cnc(-c3ccc(OC(=O)c4ccc(C#N)cc4)cc3)nc2)CC1. The van der Waals surface area contributed by atoms with Gasteiger partial charge in [0.1, 0.15) is 5.75 Å². The van der Waals surface area contributed by atoms with Crippen LogP contribution < -0.4 is 4.74 Å². The number of aromatic nitrogens is 2. The number of hydrogen-bond donors (Lipinski definition) is 0. The number of carbonyl (C=O) groups excluding carboxylic acids is 1. The maximum Gasteiger partial charge on any atom is 0.343 e. The molecule has 0 radical (unpaired) electrons. The van der Waals surface area contributed by atoms with E-state index in [4.69, 9.17) is 10.00 Å². The van der Waals surface area contributed by atoms with Gasteiger partial charge in [-0.25, -0.2) is 14.8 Å². The summed E-state index contributed by atoms with van der Waals surface area (Å²) in [5, 5.41) is 8.89. The third-order valence-corrected chi connectivity index (χ3v) is 7.78. The lowest BCUT2D eigenvalue weighted by Crippen LogP contribution is -2.14. The van der Waals surface area contributed by atoms with Crippen LogP contribution in [0.25, 0.3) is 11.4 Å². The Morgan fingerprint density at radius 3 is 2.13 bits per heavy atom. The summed E-state index contributed by atoms with van der Waals surface area (Å²) in [6.45, 7) is 2.28. The van der Waals surface area contributed by atoms with E-state index in [2.05, 4.69) is 16.9 Å². The van der Waals surface area contributed by atoms with Crippen molar-refractivity contribution in [2.24, 2.45) is 5.92 Å². The highest BCUT2D eigenvalue weighted by atomic mass is 16.5. The maximum atomic E-state index is 12.4. The van der Waals surface area contributed by atoms with Crippen LogP contribution >= 0.6 is 0 Å². The first-order valence-electron chi connectivity index (χ1n) is 14.3. The second kappa shape index (κ2) is 14.4. The molecular weight excluding hydrogens is 470 g/mol. The van der Waals surface area contributed by atoms with Crippen molar-refractivity contribution in [1.82, 2.24) is 9.97 Å². The van der Waals surface area contributed by atoms with Crippen molar-refractivity contribution < 1.29 is 9.53 Å². The van der Waals surface area contributed by atoms with E-state index in [1.807, 2.05) is 30.6 Å². The van der Waals surface area contributed by atoms with Crippen LogP contribution in [0.4, 0.5) is 0 Å². The van der Waals surface area contributed by atoms with Crippen LogP contribution in [0.2, 0.25) is 0 Å². The first kappa shape index (κ1) is 27.5. The van der Waals surface area contributed by atoms with Gasteiger partial charge in [0.2, 0.25) is 0 Å². The molecule has 0 spiro atoms. The minimum Gasteiger partial charge on any atom is -0.423 e. The average molecular weight is 510 g/mol. The number of esters is 1. The van der Waals surface area contributed by atoms with E-state index in [0.717, 1.165) is 11.5 Å². The molecule has 0 saturated heterocycles. The van der Waals surface area contributed by atoms with Crippen molar-refractivity contribution in [3.63, 3.8) is 0 Å². The molecule has 1 aliphatic rings. The summed E-state index contributed by atoms with van der Waals surface area (Å²) in [5.41, 5.74) is 3.03. The molecule has 0 aliphatic heterocycles. The molecule has 0 unspecified atom stereocenters. The van der Waals surface area contributed by atoms with Crippen molar-refractivity contribution in [3.8, 4) is 23.2 Å². The largest absolute Gasteiger partial charge is 0.423 e. The Bertz CT molecular complexity index is 1170. The Balaban J connectivity index is 1.22. The molecule has 0 atom stereocenters. The summed E-state index contributed by atoms with van der Waals surface area (Å²) >= 11 is 0. The van der Waals surface area contributed by atoms with Gasteiger partial charge in [0.05, 0.1) is 17.2 Å². The van der Waals surface area contributed by atoms with Crippen molar-refractivity contribution in [3.05, 3.63) is 77.6 Å². The van der Waals surface area contributed by atoms with Gasteiger partial charge in [0, 0.05) is 18.0 Å². The van der Waals surface area contributed by atoms with Gasteiger partial charge in [0.25, 0.3) is 0 Å². The fourth-order valence-electron chi connectivity index (χ4n) is 5.39. The molecule has 1 saturated carbocycles. The highest BCUT2D eigenvalue weighted by Gasteiger charge is 2.22. The van der Waals surface area contributed by atoms with Gasteiger partial charge < -0.3 is 4.74 Å². The summed E-state index contributed by atoms with van der Waals surface area (Å²) in [5.74, 6) is 2.13. The fourth-order valence-corrected chi connectivity index (χ4v) is 5.39. The standard InChI is InChI=1S/C33H39N3O2/c1-2-3-4-5-6-7-8-9-25-10-14-27(15-11-25)30-23-35-32(36-24-30)28-18-20-31(21-19-28)38-33(37)29-16-12-26(22-34)13-17-29/h12-13,16-21,23-25,27H,2-11,14-15H2,1H3. The molecule has 1 heterocycles. The zero-order chi connectivity index (χ0) is 26.6. The van der Waals surface area contributed by atoms with E-state index in [-0.39, 0.29) is 0 Å². The number of ether oxygens (including phenoxy) is 1. The van der Waals surface area contributed by atoms with E-state index in [9.17, 15) is 4.79 Å². The number of unbranched alkanes of at least 4 members (excludes halogenated alkanes) is 6. The Morgan fingerprint density at radius 2 is 1.50 bits per heavy atom. The topological polar surface area (TPSA) is 75.9 Å². The summed E-state index contributed by atoms with van der Waals surface area (Å²) in [7, 11) is 0. The van der Waals surface area contributed by atoms with E-state index < -0.39 is 5.97 Å². The van der Waals surface area contributed by atoms with Crippen molar-refractivity contribution in [2.75, 3.05) is 0 Å². The van der Waals surface area contributed by atoms with E-state index in [1.165, 1.54) is 82.6 Å². The predicted octanol–water partition coefficient (Wildman–Crippen LogP) is 8.65. The van der Waals surface area contributed by atoms with Crippen LogP contribution in [0, 0.1) is 17.2 Å². The van der Waals surface area contributed by atoms with Crippen molar-refractivity contribution in [2.45, 2.75) is 89.9 Å². The lowest BCUT2D eigenvalue weighted by atomic mass is 9.77. The first-order chi connectivity index (χ1) is 18.7. The number of benzene rings is 2. The number of nitrogens with zero attached hydrogens (tertiary/aromatic N) is 3. The normalized spacial score (nSPS) is 17.1. The zero-order valence-electron chi connectivity index (χ0n) is 22.6. The summed E-state index contributed by atoms with van der Waals surface area (Å²) < 4.78 is 5.46. The maximum absolute atomic E-state index is 12.4. The second-order valence-corrected chi connectivity index (χ2v) is 10.6. The number of rotatable bonds is 12. The molecule has 1 aliphatic carbocycles. The summed E-state index contributed by atoms with van der Waals surface area (Å²) in [4.78, 5) is 21.6. The van der Waals surface area contributed by atoms with Crippen molar-refractivity contribution in [1.29, 1.82) is 5.26 Å². The summed E-state index contributed by atoms with van der Waals surface area (Å²) in [6.07, 6.45) is 20.2. The van der Waals surface area contributed by atoms with Crippen LogP contribution in [0.5, 0.6) is 5.75 Å². The lowest BCUT2D eigenvalue weighted by molar-refractivity contribution is 0.0735. The monoisotopic (exact) mass is 509 g/mol. The predicted molar refractivity (Wildman–Crippen MR) is 151 cm³/mol. The third kappa shape index (κ3) is 7.99. The quantitative estimate of drug-likeness (QED) is 0.139. The highest BCUT2D eigenvalue weighted by molar-refractivity contribution is 5.91. The van der Waals surface area contributed by atoms with Gasteiger partial charge in [-0.3, -0.25) is 0 Å². The molecule has 5 heteroatoms. The van der Waals surface area contributed by atoms with Crippen LogP contribution in [0.15, 0.2) is 60.9 Å². The number of nitriles is 1. The van der Waals surface area contributed by atoms with Crippen molar-refractivity contribution >= 4 is 5.97 Å². The molecule has 198 valence electrons. The first-order valence-corrected chi connectivity index (χ1v) is 14.3. The smallest absolute Gasteiger partial charge is 0.343 e. The fraction of sp³-hybridized carbons (Fsp3) is 0.455. The van der Waals surface area contributed by atoms with Crippen LogP contribution in [0.3, 0.4) is 0 Å². The molecule has 1 aromatic heterocycles. The highest BCUT2D eigenvalue weighted by Crippen LogP contribution is 2.37. The molecule has 2 aromatic carbocycles. The molecule has 0 amide bonds. The number of carbonyl (C=O) groups is 1. The molecular formula is C33H39N3O2. The molecule has 38 heavy (non-hydrogen) atoms. The average Bonchev–Trinajstić information content (AvgIpc) is 2.97. The van der Waals surface area contributed by atoms with Gasteiger partial charge in [-0.05, 0) is 91.6 Å². The van der Waals surface area contributed by atoms with Gasteiger partial charge >= 0.3 is 5.97 Å². The van der Waals surface area contributed by atoms with Gasteiger partial charge in [-0.15, -0.1) is 0 Å². The minimum atomic E-state index is -0.458. The minimum absolute atomic E-state index is 0.402. The zero-order valence-corrected chi connectivity index (χ0v) is 22.6. The van der Waals surface area contributed by atoms with E-state index in [1.54, 1.807) is 36.4 Å². The van der Waals surface area contributed by atoms with Gasteiger partial charge in [-0.2, -0.15) is 5.26 Å². The Kier molecular flexibility index (Phi) is 10.4. The molecule has 1 fully saturated rings. The Morgan fingerprint density at radius 1 is 0.868 bits per heavy atom. The lowest BCUT2D eigenvalue weighted by Gasteiger charge is -2.28. The second-order valence-electron chi connectivity index (χ2n) is 10.6. The molecule has 4 rings (SSSR count). The van der Waals surface area contributed by atoms with E-state index >= 15 is 0 Å². The third-order valence-electron chi connectivity index (χ3n) is 7.78. The molecule has 5 nitrogen and oxygen atoms in total. The van der Waals surface area contributed by atoms with Gasteiger partial charge in [0.15, 0.2) is 5.82 Å². The summed E-state index contributed by atoms with van der Waals surface area (Å²) in [6, 6.07) is 15.7.